The number of aliphatic imine (C=N–C) groups is 1. The van der Waals surface area contributed by atoms with Crippen LogP contribution in [0.15, 0.2) is 21.7 Å². The summed E-state index contributed by atoms with van der Waals surface area (Å²) in [7, 11) is 1.67. The van der Waals surface area contributed by atoms with Gasteiger partial charge in [-0.3, -0.25) is 9.79 Å². The summed E-state index contributed by atoms with van der Waals surface area (Å²) < 4.78 is 10.4. The second kappa shape index (κ2) is 12.7. The first-order valence-corrected chi connectivity index (χ1v) is 9.71. The Morgan fingerprint density at radius 1 is 1.10 bits per heavy atom. The maximum atomic E-state index is 12.0. The minimum atomic E-state index is -0.545. The fourth-order valence-electron chi connectivity index (χ4n) is 2.33. The number of carbonyl (C=O) groups is 2. The molecule has 1 heterocycles. The van der Waals surface area contributed by atoms with Gasteiger partial charge in [-0.15, -0.1) is 24.0 Å². The van der Waals surface area contributed by atoms with E-state index in [-0.39, 0.29) is 29.9 Å². The van der Waals surface area contributed by atoms with Gasteiger partial charge >= 0.3 is 6.09 Å². The number of alkyl carbamates (subject to hydrolysis) is 1. The molecule has 1 aromatic rings. The van der Waals surface area contributed by atoms with Crippen molar-refractivity contribution in [2.75, 3.05) is 26.7 Å². The smallest absolute Gasteiger partial charge is 0.408 e. The standard InChI is InChI=1S/C20H35N5O4.HI/c1-14-9-12-28-15(14)16(26)22-10-8-11-23-17(21-7)24-13-20(5,6)25-18(27)29-19(2,3)4;/h9,12H,8,10-11,13H2,1-7H3,(H,22,26)(H,25,27)(H2,21,23,24);1H. The number of hydrogen-bond acceptors (Lipinski definition) is 5. The van der Waals surface area contributed by atoms with Crippen LogP contribution < -0.4 is 21.3 Å². The van der Waals surface area contributed by atoms with E-state index in [2.05, 4.69) is 26.3 Å². The van der Waals surface area contributed by atoms with E-state index in [9.17, 15) is 9.59 Å². The van der Waals surface area contributed by atoms with Crippen LogP contribution in [0, 0.1) is 6.92 Å². The number of carbonyl (C=O) groups excluding carboxylic acids is 2. The summed E-state index contributed by atoms with van der Waals surface area (Å²) in [6, 6.07) is 1.76. The van der Waals surface area contributed by atoms with Gasteiger partial charge in [0.15, 0.2) is 11.7 Å². The van der Waals surface area contributed by atoms with Crippen LogP contribution in [0.4, 0.5) is 4.79 Å². The molecule has 0 saturated carbocycles. The van der Waals surface area contributed by atoms with Gasteiger partial charge in [-0.2, -0.15) is 0 Å². The van der Waals surface area contributed by atoms with E-state index >= 15 is 0 Å². The van der Waals surface area contributed by atoms with Crippen LogP contribution in [0.5, 0.6) is 0 Å². The van der Waals surface area contributed by atoms with Gasteiger partial charge < -0.3 is 30.4 Å². The summed E-state index contributed by atoms with van der Waals surface area (Å²) in [5, 5.41) is 12.0. The van der Waals surface area contributed by atoms with Crippen molar-refractivity contribution in [1.29, 1.82) is 0 Å². The van der Waals surface area contributed by atoms with Gasteiger partial charge in [0.1, 0.15) is 5.60 Å². The third kappa shape index (κ3) is 11.3. The number of halogens is 1. The number of amides is 2. The van der Waals surface area contributed by atoms with Crippen molar-refractivity contribution in [3.63, 3.8) is 0 Å². The normalized spacial score (nSPS) is 11.9. The molecule has 2 amide bonds. The maximum Gasteiger partial charge on any atom is 0.408 e. The molecule has 0 bridgehead atoms. The maximum absolute atomic E-state index is 12.0. The molecule has 0 saturated heterocycles. The Morgan fingerprint density at radius 3 is 2.27 bits per heavy atom. The summed E-state index contributed by atoms with van der Waals surface area (Å²) in [5.74, 6) is 0.734. The van der Waals surface area contributed by atoms with Gasteiger partial charge in [0.2, 0.25) is 0 Å². The van der Waals surface area contributed by atoms with E-state index in [4.69, 9.17) is 9.15 Å². The first kappa shape index (κ1) is 28.0. The van der Waals surface area contributed by atoms with Crippen LogP contribution in [0.2, 0.25) is 0 Å². The topological polar surface area (TPSA) is 117 Å². The summed E-state index contributed by atoms with van der Waals surface area (Å²) in [6.45, 7) is 12.7. The molecule has 0 aliphatic heterocycles. The molecule has 0 spiro atoms. The number of nitrogens with one attached hydrogen (secondary N) is 4. The molecular formula is C20H36IN5O4. The molecule has 0 aliphatic rings. The number of nitrogens with zero attached hydrogens (tertiary/aromatic N) is 1. The van der Waals surface area contributed by atoms with Crippen LogP contribution >= 0.6 is 24.0 Å². The highest BCUT2D eigenvalue weighted by atomic mass is 127. The molecule has 1 rings (SSSR count). The van der Waals surface area contributed by atoms with Gasteiger partial charge in [0.25, 0.3) is 5.91 Å². The van der Waals surface area contributed by atoms with E-state index in [0.29, 0.717) is 37.8 Å². The highest BCUT2D eigenvalue weighted by molar-refractivity contribution is 14.0. The van der Waals surface area contributed by atoms with E-state index in [1.54, 1.807) is 13.1 Å². The van der Waals surface area contributed by atoms with Gasteiger partial charge in [-0.1, -0.05) is 0 Å². The zero-order valence-corrected chi connectivity index (χ0v) is 21.3. The molecule has 9 nitrogen and oxygen atoms in total. The second-order valence-electron chi connectivity index (χ2n) is 8.41. The molecule has 4 N–H and O–H groups in total. The van der Waals surface area contributed by atoms with Gasteiger partial charge in [0.05, 0.1) is 11.8 Å². The third-order valence-electron chi connectivity index (χ3n) is 3.76. The Labute approximate surface area is 196 Å². The average Bonchev–Trinajstić information content (AvgIpc) is 3.00. The molecule has 172 valence electrons. The van der Waals surface area contributed by atoms with Gasteiger partial charge in [-0.25, -0.2) is 4.79 Å². The lowest BCUT2D eigenvalue weighted by Crippen LogP contribution is -2.54. The Morgan fingerprint density at radius 2 is 1.73 bits per heavy atom. The molecule has 0 fully saturated rings. The zero-order chi connectivity index (χ0) is 22.1. The summed E-state index contributed by atoms with van der Waals surface area (Å²) in [5.41, 5.74) is -0.265. The molecule has 1 aromatic heterocycles. The van der Waals surface area contributed by atoms with Crippen molar-refractivity contribution in [1.82, 2.24) is 21.3 Å². The summed E-state index contributed by atoms with van der Waals surface area (Å²) >= 11 is 0. The Bertz CT molecular complexity index is 710. The van der Waals surface area contributed by atoms with Crippen molar-refractivity contribution in [2.45, 2.75) is 59.1 Å². The lowest BCUT2D eigenvalue weighted by atomic mass is 10.1. The minimum Gasteiger partial charge on any atom is -0.459 e. The fourth-order valence-corrected chi connectivity index (χ4v) is 2.33. The zero-order valence-electron chi connectivity index (χ0n) is 19.0. The summed E-state index contributed by atoms with van der Waals surface area (Å²) in [6.07, 6.45) is 1.75. The van der Waals surface area contributed by atoms with Crippen LogP contribution in [0.25, 0.3) is 0 Å². The number of guanidine groups is 1. The molecule has 0 radical (unpaired) electrons. The minimum absolute atomic E-state index is 0. The number of hydrogen-bond donors (Lipinski definition) is 4. The quantitative estimate of drug-likeness (QED) is 0.175. The number of aryl methyl sites for hydroxylation is 1. The predicted octanol–water partition coefficient (Wildman–Crippen LogP) is 2.79. The fraction of sp³-hybridized carbons (Fsp3) is 0.650. The van der Waals surface area contributed by atoms with Gasteiger partial charge in [-0.05, 0) is 54.0 Å². The highest BCUT2D eigenvalue weighted by Gasteiger charge is 2.24. The third-order valence-corrected chi connectivity index (χ3v) is 3.76. The van der Waals surface area contributed by atoms with Crippen LogP contribution in [0.3, 0.4) is 0 Å². The Hall–Kier alpha value is -1.98. The Kier molecular flexibility index (Phi) is 11.8. The van der Waals surface area contributed by atoms with E-state index in [1.807, 2.05) is 41.5 Å². The Balaban J connectivity index is 0.00000841. The molecular weight excluding hydrogens is 501 g/mol. The average molecular weight is 537 g/mol. The van der Waals surface area contributed by atoms with Gasteiger partial charge in [0, 0.05) is 32.2 Å². The first-order valence-electron chi connectivity index (χ1n) is 9.71. The van der Waals surface area contributed by atoms with Crippen molar-refractivity contribution < 1.29 is 18.7 Å². The van der Waals surface area contributed by atoms with Crippen LogP contribution in [-0.4, -0.2) is 55.8 Å². The molecule has 10 heteroatoms. The summed E-state index contributed by atoms with van der Waals surface area (Å²) in [4.78, 5) is 28.1. The molecule has 0 unspecified atom stereocenters. The number of ether oxygens (including phenoxy) is 1. The highest BCUT2D eigenvalue weighted by Crippen LogP contribution is 2.09. The van der Waals surface area contributed by atoms with E-state index in [1.165, 1.54) is 6.26 Å². The van der Waals surface area contributed by atoms with Crippen LogP contribution in [0.1, 0.15) is 57.2 Å². The lowest BCUT2D eigenvalue weighted by Gasteiger charge is -2.29. The number of rotatable bonds is 8. The second-order valence-corrected chi connectivity index (χ2v) is 8.41. The van der Waals surface area contributed by atoms with Crippen LogP contribution in [-0.2, 0) is 4.74 Å². The molecule has 0 aromatic carbocycles. The first-order chi connectivity index (χ1) is 13.4. The molecule has 0 aliphatic carbocycles. The number of furan rings is 1. The largest absolute Gasteiger partial charge is 0.459 e. The monoisotopic (exact) mass is 537 g/mol. The van der Waals surface area contributed by atoms with E-state index in [0.717, 1.165) is 5.56 Å². The van der Waals surface area contributed by atoms with E-state index < -0.39 is 17.2 Å². The predicted molar refractivity (Wildman–Crippen MR) is 129 cm³/mol. The van der Waals surface area contributed by atoms with Crippen molar-refractivity contribution in [2.24, 2.45) is 4.99 Å². The lowest BCUT2D eigenvalue weighted by molar-refractivity contribution is 0.0473. The van der Waals surface area contributed by atoms with Crippen molar-refractivity contribution >= 4 is 41.9 Å². The van der Waals surface area contributed by atoms with Crippen molar-refractivity contribution in [3.05, 3.63) is 23.7 Å². The SMILES string of the molecule is CN=C(NCCCNC(=O)c1occc1C)NCC(C)(C)NC(=O)OC(C)(C)C.I. The van der Waals surface area contributed by atoms with Crippen molar-refractivity contribution in [3.8, 4) is 0 Å². The molecule has 30 heavy (non-hydrogen) atoms. The molecule has 0 atom stereocenters.